The van der Waals surface area contributed by atoms with E-state index in [2.05, 4.69) is 9.97 Å². The zero-order valence-corrected chi connectivity index (χ0v) is 7.94. The van der Waals surface area contributed by atoms with Crippen molar-refractivity contribution in [3.63, 3.8) is 0 Å². The molecule has 1 heterocycles. The molecule has 2 aromatic rings. The Morgan fingerprint density at radius 1 is 1.40 bits per heavy atom. The first-order chi connectivity index (χ1) is 7.09. The molecule has 0 aliphatic carbocycles. The summed E-state index contributed by atoms with van der Waals surface area (Å²) in [6, 6.07) is 4.74. The van der Waals surface area contributed by atoms with E-state index < -0.39 is 5.97 Å². The van der Waals surface area contributed by atoms with Gasteiger partial charge in [-0.2, -0.15) is 0 Å². The predicted octanol–water partition coefficient (Wildman–Crippen LogP) is 1.46. The minimum Gasteiger partial charge on any atom is -0.478 e. The first-order valence-electron chi connectivity index (χ1n) is 4.32. The lowest BCUT2D eigenvalue weighted by atomic mass is 10.2. The summed E-state index contributed by atoms with van der Waals surface area (Å²) in [6.07, 6.45) is 0. The van der Waals surface area contributed by atoms with Crippen LogP contribution in [0.1, 0.15) is 27.9 Å². The second kappa shape index (κ2) is 3.20. The van der Waals surface area contributed by atoms with Crippen molar-refractivity contribution in [3.8, 4) is 0 Å². The van der Waals surface area contributed by atoms with Crippen LogP contribution in [-0.4, -0.2) is 26.8 Å². The van der Waals surface area contributed by atoms with Gasteiger partial charge in [0, 0.05) is 6.92 Å². The zero-order valence-electron chi connectivity index (χ0n) is 7.94. The van der Waals surface area contributed by atoms with E-state index in [1.54, 1.807) is 12.1 Å². The van der Waals surface area contributed by atoms with Crippen LogP contribution in [0.3, 0.4) is 0 Å². The quantitative estimate of drug-likeness (QED) is 0.725. The number of para-hydroxylation sites is 1. The minimum atomic E-state index is -1.05. The number of rotatable bonds is 2. The Bertz CT molecular complexity index is 557. The van der Waals surface area contributed by atoms with Crippen LogP contribution >= 0.6 is 0 Å². The minimum absolute atomic E-state index is 0.0938. The van der Waals surface area contributed by atoms with Crippen molar-refractivity contribution < 1.29 is 14.7 Å². The number of aromatic amines is 1. The SMILES string of the molecule is CC(=O)c1nc2c(C(=O)O)cccc2[nH]1. The first kappa shape index (κ1) is 9.39. The Labute approximate surface area is 84.8 Å². The lowest BCUT2D eigenvalue weighted by molar-refractivity contribution is 0.0698. The summed E-state index contributed by atoms with van der Waals surface area (Å²) in [7, 11) is 0. The Kier molecular flexibility index (Phi) is 2.00. The van der Waals surface area contributed by atoms with Gasteiger partial charge in [-0.1, -0.05) is 6.07 Å². The molecule has 0 amide bonds. The molecule has 0 saturated carbocycles. The molecule has 2 N–H and O–H groups in total. The molecule has 0 fully saturated rings. The predicted molar refractivity (Wildman–Crippen MR) is 53.1 cm³/mol. The number of nitrogens with one attached hydrogen (secondary N) is 1. The van der Waals surface area contributed by atoms with Gasteiger partial charge in [0.05, 0.1) is 11.1 Å². The topological polar surface area (TPSA) is 83.1 Å². The molecule has 0 radical (unpaired) electrons. The van der Waals surface area contributed by atoms with Crippen LogP contribution in [0.4, 0.5) is 0 Å². The Balaban J connectivity index is 2.75. The van der Waals surface area contributed by atoms with Crippen molar-refractivity contribution in [3.05, 3.63) is 29.6 Å². The second-order valence-electron chi connectivity index (χ2n) is 3.15. The van der Waals surface area contributed by atoms with E-state index >= 15 is 0 Å². The van der Waals surface area contributed by atoms with Gasteiger partial charge in [-0.25, -0.2) is 9.78 Å². The maximum atomic E-state index is 11.1. The molecule has 5 nitrogen and oxygen atoms in total. The molecule has 0 unspecified atom stereocenters. The highest BCUT2D eigenvalue weighted by atomic mass is 16.4. The van der Waals surface area contributed by atoms with E-state index in [9.17, 15) is 9.59 Å². The van der Waals surface area contributed by atoms with Gasteiger partial charge in [0.2, 0.25) is 0 Å². The molecule has 0 saturated heterocycles. The van der Waals surface area contributed by atoms with Gasteiger partial charge in [-0.05, 0) is 12.1 Å². The number of carbonyl (C=O) groups excluding carboxylic acids is 1. The van der Waals surface area contributed by atoms with E-state index in [4.69, 9.17) is 5.11 Å². The van der Waals surface area contributed by atoms with Gasteiger partial charge >= 0.3 is 5.97 Å². The third kappa shape index (κ3) is 1.48. The summed E-state index contributed by atoms with van der Waals surface area (Å²) in [6.45, 7) is 1.37. The molecule has 1 aromatic carbocycles. The largest absolute Gasteiger partial charge is 0.478 e. The van der Waals surface area contributed by atoms with Crippen molar-refractivity contribution in [2.24, 2.45) is 0 Å². The number of carbonyl (C=O) groups is 2. The molecule has 0 spiro atoms. The fraction of sp³-hybridized carbons (Fsp3) is 0.100. The lowest BCUT2D eigenvalue weighted by Crippen LogP contribution is -1.97. The van der Waals surface area contributed by atoms with Gasteiger partial charge < -0.3 is 10.1 Å². The Morgan fingerprint density at radius 3 is 2.73 bits per heavy atom. The number of imidazole rings is 1. The molecule has 15 heavy (non-hydrogen) atoms. The Hall–Kier alpha value is -2.17. The number of aromatic nitrogens is 2. The average Bonchev–Trinajstić information content (AvgIpc) is 2.60. The number of fused-ring (bicyclic) bond motifs is 1. The monoisotopic (exact) mass is 204 g/mol. The number of carboxylic acid groups (broad SMARTS) is 1. The van der Waals surface area contributed by atoms with Gasteiger partial charge in [-0.15, -0.1) is 0 Å². The van der Waals surface area contributed by atoms with Gasteiger partial charge in [0.1, 0.15) is 5.52 Å². The highest BCUT2D eigenvalue weighted by molar-refractivity contribution is 6.03. The van der Waals surface area contributed by atoms with Gasteiger partial charge in [0.15, 0.2) is 11.6 Å². The normalized spacial score (nSPS) is 10.5. The smallest absolute Gasteiger partial charge is 0.337 e. The van der Waals surface area contributed by atoms with E-state index in [-0.39, 0.29) is 17.2 Å². The van der Waals surface area contributed by atoms with Crippen LogP contribution in [0, 0.1) is 0 Å². The fourth-order valence-electron chi connectivity index (χ4n) is 1.37. The van der Waals surface area contributed by atoms with Crippen molar-refractivity contribution in [1.82, 2.24) is 9.97 Å². The molecule has 5 heteroatoms. The third-order valence-electron chi connectivity index (χ3n) is 2.08. The molecule has 76 valence electrons. The van der Waals surface area contributed by atoms with Crippen molar-refractivity contribution in [1.29, 1.82) is 0 Å². The van der Waals surface area contributed by atoms with Gasteiger partial charge in [-0.3, -0.25) is 4.79 Å². The first-order valence-corrected chi connectivity index (χ1v) is 4.32. The summed E-state index contributed by atoms with van der Waals surface area (Å²) in [4.78, 5) is 28.6. The standard InChI is InChI=1S/C10H8N2O3/c1-5(13)9-11-7-4-2-3-6(10(14)15)8(7)12-9/h2-4H,1H3,(H,11,12)(H,14,15). The molecule has 0 atom stereocenters. The van der Waals surface area contributed by atoms with E-state index in [1.165, 1.54) is 13.0 Å². The molecular formula is C10H8N2O3. The van der Waals surface area contributed by atoms with Crippen molar-refractivity contribution in [2.45, 2.75) is 6.92 Å². The van der Waals surface area contributed by atoms with E-state index in [0.29, 0.717) is 11.0 Å². The van der Waals surface area contributed by atoms with Crippen LogP contribution in [0.25, 0.3) is 11.0 Å². The van der Waals surface area contributed by atoms with Crippen LogP contribution in [0.2, 0.25) is 0 Å². The molecule has 1 aromatic heterocycles. The third-order valence-corrected chi connectivity index (χ3v) is 2.08. The van der Waals surface area contributed by atoms with Crippen molar-refractivity contribution in [2.75, 3.05) is 0 Å². The van der Waals surface area contributed by atoms with Crippen LogP contribution in [-0.2, 0) is 0 Å². The number of hydrogen-bond donors (Lipinski definition) is 2. The highest BCUT2D eigenvalue weighted by Crippen LogP contribution is 2.16. The molecule has 0 aliphatic heterocycles. The average molecular weight is 204 g/mol. The maximum absolute atomic E-state index is 11.1. The molecular weight excluding hydrogens is 196 g/mol. The van der Waals surface area contributed by atoms with Crippen LogP contribution in [0.5, 0.6) is 0 Å². The summed E-state index contributed by atoms with van der Waals surface area (Å²) in [5.41, 5.74) is 0.964. The van der Waals surface area contributed by atoms with Crippen molar-refractivity contribution >= 4 is 22.8 Å². The Morgan fingerprint density at radius 2 is 2.13 bits per heavy atom. The molecule has 2 rings (SSSR count). The molecule has 0 aliphatic rings. The van der Waals surface area contributed by atoms with E-state index in [1.807, 2.05) is 0 Å². The second-order valence-corrected chi connectivity index (χ2v) is 3.15. The number of ketones is 1. The number of hydrogen-bond acceptors (Lipinski definition) is 3. The zero-order chi connectivity index (χ0) is 11.0. The fourth-order valence-corrected chi connectivity index (χ4v) is 1.37. The van der Waals surface area contributed by atoms with Crippen LogP contribution < -0.4 is 0 Å². The van der Waals surface area contributed by atoms with E-state index in [0.717, 1.165) is 0 Å². The number of Topliss-reactive ketones (excluding diaryl/α,β-unsaturated/α-hetero) is 1. The lowest BCUT2D eigenvalue weighted by Gasteiger charge is -1.93. The highest BCUT2D eigenvalue weighted by Gasteiger charge is 2.13. The number of nitrogens with zero attached hydrogens (tertiary/aromatic N) is 1. The number of H-pyrrole nitrogens is 1. The maximum Gasteiger partial charge on any atom is 0.337 e. The summed E-state index contributed by atoms with van der Waals surface area (Å²) in [5, 5.41) is 8.89. The number of benzene rings is 1. The molecule has 0 bridgehead atoms. The summed E-state index contributed by atoms with van der Waals surface area (Å²) in [5.74, 6) is -1.09. The summed E-state index contributed by atoms with van der Waals surface area (Å²) >= 11 is 0. The summed E-state index contributed by atoms with van der Waals surface area (Å²) < 4.78 is 0. The van der Waals surface area contributed by atoms with Gasteiger partial charge in [0.25, 0.3) is 0 Å². The van der Waals surface area contributed by atoms with Crippen LogP contribution in [0.15, 0.2) is 18.2 Å². The number of carboxylic acids is 1. The number of aromatic carboxylic acids is 1.